The second-order valence-electron chi connectivity index (χ2n) is 4.05. The normalized spacial score (nSPS) is 9.86. The minimum atomic E-state index is -0.623. The zero-order chi connectivity index (χ0) is 15.2. The molecule has 1 heterocycles. The maximum absolute atomic E-state index is 13.3. The van der Waals surface area contributed by atoms with Crippen molar-refractivity contribution in [2.24, 2.45) is 0 Å². The zero-order valence-corrected chi connectivity index (χ0v) is 12.4. The lowest BCUT2D eigenvalue weighted by Gasteiger charge is -2.05. The van der Waals surface area contributed by atoms with Crippen molar-refractivity contribution in [1.29, 1.82) is 0 Å². The number of rotatable bonds is 3. The van der Waals surface area contributed by atoms with Gasteiger partial charge in [0.15, 0.2) is 0 Å². The summed E-state index contributed by atoms with van der Waals surface area (Å²) in [4.78, 5) is 12.9. The van der Waals surface area contributed by atoms with Crippen LogP contribution >= 0.6 is 22.9 Å². The molecule has 2 N–H and O–H groups in total. The summed E-state index contributed by atoms with van der Waals surface area (Å²) in [6, 6.07) is 5.92. The van der Waals surface area contributed by atoms with Gasteiger partial charge in [0, 0.05) is 15.8 Å². The number of carbonyl (C=O) groups excluding carboxylic acids is 1. The van der Waals surface area contributed by atoms with Gasteiger partial charge < -0.3 is 10.4 Å². The molecule has 0 aliphatic rings. The Bertz CT molecular complexity index is 718. The van der Waals surface area contributed by atoms with Crippen molar-refractivity contribution < 1.29 is 14.3 Å². The standard InChI is InChI=1S/C15H11ClFNO2S/c16-14-12(4-1-5-13(14)17)15(20)18-8-11-7-10(9-21-11)3-2-6-19/h1,4-5,7,9,19H,6,8H2,(H,18,20). The van der Waals surface area contributed by atoms with Gasteiger partial charge in [-0.3, -0.25) is 4.79 Å². The lowest BCUT2D eigenvalue weighted by molar-refractivity contribution is 0.0951. The van der Waals surface area contributed by atoms with Crippen LogP contribution < -0.4 is 5.32 Å². The highest BCUT2D eigenvalue weighted by molar-refractivity contribution is 7.10. The van der Waals surface area contributed by atoms with Gasteiger partial charge in [0.05, 0.1) is 17.1 Å². The molecule has 108 valence electrons. The Labute approximate surface area is 130 Å². The lowest BCUT2D eigenvalue weighted by atomic mass is 10.2. The van der Waals surface area contributed by atoms with E-state index in [0.29, 0.717) is 6.54 Å². The van der Waals surface area contributed by atoms with Crippen LogP contribution in [-0.4, -0.2) is 17.6 Å². The molecule has 1 aromatic carbocycles. The molecule has 0 aliphatic carbocycles. The summed E-state index contributed by atoms with van der Waals surface area (Å²) < 4.78 is 13.3. The van der Waals surface area contributed by atoms with Gasteiger partial charge in [0.2, 0.25) is 0 Å². The van der Waals surface area contributed by atoms with Crippen LogP contribution in [0.1, 0.15) is 20.8 Å². The van der Waals surface area contributed by atoms with Gasteiger partial charge in [0.1, 0.15) is 12.4 Å². The minimum Gasteiger partial charge on any atom is -0.384 e. The van der Waals surface area contributed by atoms with Crippen LogP contribution in [0.5, 0.6) is 0 Å². The smallest absolute Gasteiger partial charge is 0.253 e. The van der Waals surface area contributed by atoms with E-state index in [2.05, 4.69) is 17.2 Å². The van der Waals surface area contributed by atoms with E-state index >= 15 is 0 Å². The van der Waals surface area contributed by atoms with Gasteiger partial charge in [0.25, 0.3) is 5.91 Å². The maximum Gasteiger partial charge on any atom is 0.253 e. The largest absolute Gasteiger partial charge is 0.384 e. The van der Waals surface area contributed by atoms with Crippen molar-refractivity contribution in [1.82, 2.24) is 5.32 Å². The summed E-state index contributed by atoms with van der Waals surface area (Å²) in [6.45, 7) is 0.108. The van der Waals surface area contributed by atoms with E-state index in [1.165, 1.54) is 29.5 Å². The van der Waals surface area contributed by atoms with Crippen molar-refractivity contribution in [3.8, 4) is 11.8 Å². The van der Waals surface area contributed by atoms with E-state index in [1.54, 1.807) is 0 Å². The van der Waals surface area contributed by atoms with Crippen molar-refractivity contribution in [3.05, 3.63) is 56.5 Å². The van der Waals surface area contributed by atoms with Crippen molar-refractivity contribution in [2.75, 3.05) is 6.61 Å². The molecule has 0 bridgehead atoms. The van der Waals surface area contributed by atoms with Crippen LogP contribution in [0.2, 0.25) is 5.02 Å². The van der Waals surface area contributed by atoms with Crippen molar-refractivity contribution >= 4 is 28.8 Å². The van der Waals surface area contributed by atoms with Crippen LogP contribution in [0.25, 0.3) is 0 Å². The van der Waals surface area contributed by atoms with E-state index in [0.717, 1.165) is 10.4 Å². The molecule has 0 unspecified atom stereocenters. The molecule has 6 heteroatoms. The van der Waals surface area contributed by atoms with E-state index in [9.17, 15) is 9.18 Å². The molecule has 21 heavy (non-hydrogen) atoms. The first-order chi connectivity index (χ1) is 10.1. The van der Waals surface area contributed by atoms with Gasteiger partial charge >= 0.3 is 0 Å². The van der Waals surface area contributed by atoms with Gasteiger partial charge in [-0.1, -0.05) is 29.5 Å². The van der Waals surface area contributed by atoms with Crippen LogP contribution in [0.4, 0.5) is 4.39 Å². The first kappa shape index (κ1) is 15.5. The Morgan fingerprint density at radius 1 is 1.48 bits per heavy atom. The average Bonchev–Trinajstić information content (AvgIpc) is 2.93. The SMILES string of the molecule is O=C(NCc1cc(C#CCO)cs1)c1cccc(F)c1Cl. The number of aliphatic hydroxyl groups is 1. The highest BCUT2D eigenvalue weighted by Crippen LogP contribution is 2.20. The highest BCUT2D eigenvalue weighted by atomic mass is 35.5. The first-order valence-corrected chi connectivity index (χ1v) is 7.27. The molecule has 3 nitrogen and oxygen atoms in total. The molecule has 2 rings (SSSR count). The molecule has 0 fully saturated rings. The number of carbonyl (C=O) groups is 1. The van der Waals surface area contributed by atoms with Gasteiger partial charge in [-0.25, -0.2) is 4.39 Å². The topological polar surface area (TPSA) is 49.3 Å². The minimum absolute atomic E-state index is 0.105. The Hall–Kier alpha value is -1.87. The third kappa shape index (κ3) is 4.05. The van der Waals surface area contributed by atoms with Gasteiger partial charge in [-0.2, -0.15) is 0 Å². The van der Waals surface area contributed by atoms with Crippen LogP contribution in [0, 0.1) is 17.7 Å². The first-order valence-electron chi connectivity index (χ1n) is 6.01. The van der Waals surface area contributed by atoms with E-state index in [4.69, 9.17) is 16.7 Å². The predicted octanol–water partition coefficient (Wildman–Crippen LogP) is 2.81. The number of thiophene rings is 1. The molecule has 1 aromatic heterocycles. The van der Waals surface area contributed by atoms with Gasteiger partial charge in [-0.05, 0) is 18.2 Å². The Morgan fingerprint density at radius 2 is 2.29 bits per heavy atom. The van der Waals surface area contributed by atoms with E-state index < -0.39 is 11.7 Å². The molecular weight excluding hydrogens is 313 g/mol. The molecule has 0 radical (unpaired) electrons. The number of halogens is 2. The summed E-state index contributed by atoms with van der Waals surface area (Å²) in [5.74, 6) is 4.27. The van der Waals surface area contributed by atoms with Crippen molar-refractivity contribution in [2.45, 2.75) is 6.54 Å². The number of hydrogen-bond acceptors (Lipinski definition) is 3. The second kappa shape index (κ2) is 7.23. The second-order valence-corrected chi connectivity index (χ2v) is 5.42. The fraction of sp³-hybridized carbons (Fsp3) is 0.133. The number of nitrogens with one attached hydrogen (secondary N) is 1. The summed E-state index contributed by atoms with van der Waals surface area (Å²) >= 11 is 7.19. The number of aliphatic hydroxyl groups excluding tert-OH is 1. The summed E-state index contributed by atoms with van der Waals surface area (Å²) in [5, 5.41) is 12.9. The molecule has 0 saturated carbocycles. The summed E-state index contributed by atoms with van der Waals surface area (Å²) in [7, 11) is 0. The molecule has 0 saturated heterocycles. The Balaban J connectivity index is 2.01. The van der Waals surface area contributed by atoms with Crippen LogP contribution in [0.3, 0.4) is 0 Å². The fourth-order valence-electron chi connectivity index (χ4n) is 1.62. The quantitative estimate of drug-likeness (QED) is 0.853. The van der Waals surface area contributed by atoms with Crippen LogP contribution in [-0.2, 0) is 6.54 Å². The monoisotopic (exact) mass is 323 g/mol. The van der Waals surface area contributed by atoms with Gasteiger partial charge in [-0.15, -0.1) is 11.3 Å². The highest BCUT2D eigenvalue weighted by Gasteiger charge is 2.13. The molecule has 1 amide bonds. The molecule has 0 aliphatic heterocycles. The summed E-state index contributed by atoms with van der Waals surface area (Å²) in [5.41, 5.74) is 0.885. The fourth-order valence-corrected chi connectivity index (χ4v) is 2.59. The molecule has 0 atom stereocenters. The van der Waals surface area contributed by atoms with Crippen LogP contribution in [0.15, 0.2) is 29.6 Å². The third-order valence-corrected chi connectivity index (χ3v) is 3.91. The molecule has 2 aromatic rings. The number of amides is 1. The number of benzene rings is 1. The number of hydrogen-bond donors (Lipinski definition) is 2. The molecular formula is C15H11ClFNO2S. The van der Waals surface area contributed by atoms with E-state index in [-0.39, 0.29) is 17.2 Å². The lowest BCUT2D eigenvalue weighted by Crippen LogP contribution is -2.22. The summed E-state index contributed by atoms with van der Waals surface area (Å²) in [6.07, 6.45) is 0. The molecule has 0 spiro atoms. The maximum atomic E-state index is 13.3. The predicted molar refractivity (Wildman–Crippen MR) is 80.9 cm³/mol. The third-order valence-electron chi connectivity index (χ3n) is 2.58. The average molecular weight is 324 g/mol. The Morgan fingerprint density at radius 3 is 3.05 bits per heavy atom. The Kier molecular flexibility index (Phi) is 5.34. The van der Waals surface area contributed by atoms with E-state index in [1.807, 2.05) is 11.4 Å². The zero-order valence-electron chi connectivity index (χ0n) is 10.8. The van der Waals surface area contributed by atoms with Crippen molar-refractivity contribution in [3.63, 3.8) is 0 Å².